The third-order valence-corrected chi connectivity index (χ3v) is 4.19. The van der Waals surface area contributed by atoms with E-state index in [1.165, 1.54) is 12.1 Å². The zero-order valence-electron chi connectivity index (χ0n) is 12.3. The molecule has 2 heterocycles. The van der Waals surface area contributed by atoms with E-state index in [2.05, 4.69) is 10.2 Å². The molecule has 1 aromatic rings. The van der Waals surface area contributed by atoms with E-state index in [0.29, 0.717) is 0 Å². The highest BCUT2D eigenvalue weighted by atomic mass is 35.5. The number of hydrogen-bond donors (Lipinski definition) is 1. The topological polar surface area (TPSA) is 35.6 Å². The third kappa shape index (κ3) is 4.24. The van der Waals surface area contributed by atoms with Gasteiger partial charge in [0.15, 0.2) is 0 Å². The van der Waals surface area contributed by atoms with Gasteiger partial charge in [-0.15, -0.1) is 24.8 Å². The minimum atomic E-state index is -0.212. The lowest BCUT2D eigenvalue weighted by molar-refractivity contribution is -0.135. The third-order valence-electron chi connectivity index (χ3n) is 4.19. The van der Waals surface area contributed by atoms with Crippen LogP contribution in [-0.2, 0) is 4.79 Å². The summed E-state index contributed by atoms with van der Waals surface area (Å²) in [6.07, 6.45) is 0.955. The summed E-state index contributed by atoms with van der Waals surface area (Å²) in [4.78, 5) is 16.5. The Balaban J connectivity index is 0.00000121. The molecule has 4 nitrogen and oxygen atoms in total. The Bertz CT molecular complexity index is 472. The minimum absolute atomic E-state index is 0. The molecule has 0 bridgehead atoms. The van der Waals surface area contributed by atoms with Crippen molar-refractivity contribution in [1.29, 1.82) is 0 Å². The van der Waals surface area contributed by atoms with Crippen molar-refractivity contribution in [3.63, 3.8) is 0 Å². The molecule has 7 heteroatoms. The number of anilines is 1. The molecule has 2 fully saturated rings. The summed E-state index contributed by atoms with van der Waals surface area (Å²) in [6, 6.07) is 6.57. The lowest BCUT2D eigenvalue weighted by Crippen LogP contribution is -2.50. The van der Waals surface area contributed by atoms with Gasteiger partial charge in [0, 0.05) is 38.4 Å². The largest absolute Gasteiger partial charge is 0.368 e. The summed E-state index contributed by atoms with van der Waals surface area (Å²) in [7, 11) is 0. The van der Waals surface area contributed by atoms with Crippen LogP contribution in [0.2, 0.25) is 0 Å². The molecule has 1 atom stereocenters. The van der Waals surface area contributed by atoms with Gasteiger partial charge in [0.25, 0.3) is 0 Å². The maximum Gasteiger partial charge on any atom is 0.227 e. The van der Waals surface area contributed by atoms with E-state index in [4.69, 9.17) is 0 Å². The molecule has 1 unspecified atom stereocenters. The number of rotatable bonds is 2. The fraction of sp³-hybridized carbons (Fsp3) is 0.533. The molecule has 1 aromatic carbocycles. The van der Waals surface area contributed by atoms with Crippen molar-refractivity contribution in [2.75, 3.05) is 44.2 Å². The maximum absolute atomic E-state index is 12.9. The zero-order valence-corrected chi connectivity index (χ0v) is 14.0. The predicted molar refractivity (Wildman–Crippen MR) is 90.7 cm³/mol. The number of carbonyl (C=O) groups is 1. The zero-order chi connectivity index (χ0) is 13.9. The van der Waals surface area contributed by atoms with Crippen LogP contribution in [0.4, 0.5) is 10.1 Å². The second kappa shape index (κ2) is 8.56. The van der Waals surface area contributed by atoms with E-state index in [-0.39, 0.29) is 42.5 Å². The van der Waals surface area contributed by atoms with Crippen LogP contribution in [0.5, 0.6) is 0 Å². The van der Waals surface area contributed by atoms with Crippen LogP contribution in [0.15, 0.2) is 24.3 Å². The average Bonchev–Trinajstić information content (AvgIpc) is 3.02. The summed E-state index contributed by atoms with van der Waals surface area (Å²) in [5.41, 5.74) is 1.03. The Morgan fingerprint density at radius 3 is 2.27 bits per heavy atom. The van der Waals surface area contributed by atoms with Gasteiger partial charge in [-0.2, -0.15) is 0 Å². The van der Waals surface area contributed by atoms with Gasteiger partial charge in [-0.3, -0.25) is 4.79 Å². The molecule has 0 saturated carbocycles. The Labute approximate surface area is 142 Å². The SMILES string of the molecule is Cl.Cl.O=C(C1CCNC1)N1CCN(c2ccc(F)cc2)CC1. The Hall–Kier alpha value is -1.04. The molecule has 0 aliphatic carbocycles. The number of nitrogens with zero attached hydrogens (tertiary/aromatic N) is 2. The summed E-state index contributed by atoms with van der Waals surface area (Å²) >= 11 is 0. The summed E-state index contributed by atoms with van der Waals surface area (Å²) in [5, 5.41) is 3.24. The second-order valence-electron chi connectivity index (χ2n) is 5.48. The fourth-order valence-corrected chi connectivity index (χ4v) is 2.96. The first-order valence-corrected chi connectivity index (χ1v) is 7.24. The standard InChI is InChI=1S/C15H20FN3O.2ClH/c16-13-1-3-14(4-2-13)18-7-9-19(10-8-18)15(20)12-5-6-17-11-12;;/h1-4,12,17H,5-11H2;2*1H. The van der Waals surface area contributed by atoms with Crippen molar-refractivity contribution in [3.8, 4) is 0 Å². The molecule has 22 heavy (non-hydrogen) atoms. The number of piperazine rings is 1. The highest BCUT2D eigenvalue weighted by molar-refractivity contribution is 5.85. The van der Waals surface area contributed by atoms with E-state index in [0.717, 1.165) is 51.4 Å². The van der Waals surface area contributed by atoms with Gasteiger partial charge in [-0.1, -0.05) is 0 Å². The van der Waals surface area contributed by atoms with Crippen LogP contribution in [0.1, 0.15) is 6.42 Å². The highest BCUT2D eigenvalue weighted by Gasteiger charge is 2.29. The van der Waals surface area contributed by atoms with Gasteiger partial charge in [0.05, 0.1) is 5.92 Å². The lowest BCUT2D eigenvalue weighted by Gasteiger charge is -2.37. The molecule has 1 amide bonds. The van der Waals surface area contributed by atoms with Crippen LogP contribution in [0.25, 0.3) is 0 Å². The fourth-order valence-electron chi connectivity index (χ4n) is 2.96. The molecular weight excluding hydrogens is 328 g/mol. The number of halogens is 3. The van der Waals surface area contributed by atoms with E-state index >= 15 is 0 Å². The normalized spacial score (nSPS) is 21.0. The molecule has 2 saturated heterocycles. The quantitative estimate of drug-likeness (QED) is 0.885. The molecule has 0 radical (unpaired) electrons. The van der Waals surface area contributed by atoms with Crippen molar-refractivity contribution >= 4 is 36.4 Å². The van der Waals surface area contributed by atoms with Gasteiger partial charge in [0.2, 0.25) is 5.91 Å². The van der Waals surface area contributed by atoms with E-state index in [1.54, 1.807) is 12.1 Å². The summed E-state index contributed by atoms with van der Waals surface area (Å²) in [5.74, 6) is 0.234. The van der Waals surface area contributed by atoms with Crippen LogP contribution >= 0.6 is 24.8 Å². The highest BCUT2D eigenvalue weighted by Crippen LogP contribution is 2.19. The predicted octanol–water partition coefficient (Wildman–Crippen LogP) is 1.93. The maximum atomic E-state index is 12.9. The molecule has 2 aliphatic heterocycles. The molecule has 2 aliphatic rings. The number of nitrogens with one attached hydrogen (secondary N) is 1. The smallest absolute Gasteiger partial charge is 0.227 e. The van der Waals surface area contributed by atoms with Gasteiger partial charge >= 0.3 is 0 Å². The number of hydrogen-bond acceptors (Lipinski definition) is 3. The van der Waals surface area contributed by atoms with Crippen molar-refractivity contribution in [3.05, 3.63) is 30.1 Å². The number of benzene rings is 1. The van der Waals surface area contributed by atoms with E-state index < -0.39 is 0 Å². The summed E-state index contributed by atoms with van der Waals surface area (Å²) < 4.78 is 12.9. The Morgan fingerprint density at radius 1 is 1.09 bits per heavy atom. The Morgan fingerprint density at radius 2 is 1.73 bits per heavy atom. The van der Waals surface area contributed by atoms with Gasteiger partial charge in [-0.25, -0.2) is 4.39 Å². The lowest BCUT2D eigenvalue weighted by atomic mass is 10.1. The monoisotopic (exact) mass is 349 g/mol. The first kappa shape index (κ1) is 19.0. The average molecular weight is 350 g/mol. The van der Waals surface area contributed by atoms with E-state index in [9.17, 15) is 9.18 Å². The molecule has 3 rings (SSSR count). The number of carbonyl (C=O) groups excluding carboxylic acids is 1. The van der Waals surface area contributed by atoms with Gasteiger partial charge in [0.1, 0.15) is 5.82 Å². The van der Waals surface area contributed by atoms with Crippen LogP contribution in [0.3, 0.4) is 0 Å². The molecule has 0 spiro atoms. The molecule has 124 valence electrons. The number of amides is 1. The first-order valence-electron chi connectivity index (χ1n) is 7.24. The summed E-state index contributed by atoms with van der Waals surface area (Å²) in [6.45, 7) is 4.91. The molecular formula is C15H22Cl2FN3O. The minimum Gasteiger partial charge on any atom is -0.368 e. The van der Waals surface area contributed by atoms with Crippen LogP contribution < -0.4 is 10.2 Å². The van der Waals surface area contributed by atoms with Crippen molar-refractivity contribution in [2.24, 2.45) is 5.92 Å². The van der Waals surface area contributed by atoms with Crippen LogP contribution in [0, 0.1) is 11.7 Å². The van der Waals surface area contributed by atoms with Gasteiger partial charge < -0.3 is 15.1 Å². The molecule has 0 aromatic heterocycles. The van der Waals surface area contributed by atoms with Crippen molar-refractivity contribution < 1.29 is 9.18 Å². The second-order valence-corrected chi connectivity index (χ2v) is 5.48. The first-order chi connectivity index (χ1) is 9.74. The van der Waals surface area contributed by atoms with Crippen molar-refractivity contribution in [1.82, 2.24) is 10.2 Å². The molecule has 1 N–H and O–H groups in total. The van der Waals surface area contributed by atoms with Gasteiger partial charge in [-0.05, 0) is 37.2 Å². The van der Waals surface area contributed by atoms with Crippen molar-refractivity contribution in [2.45, 2.75) is 6.42 Å². The van der Waals surface area contributed by atoms with Crippen LogP contribution in [-0.4, -0.2) is 50.1 Å². The van der Waals surface area contributed by atoms with E-state index in [1.807, 2.05) is 4.90 Å². The Kier molecular flexibility index (Phi) is 7.39.